The lowest BCUT2D eigenvalue weighted by atomic mass is 10.1. The van der Waals surface area contributed by atoms with Crippen LogP contribution in [0.3, 0.4) is 0 Å². The molecule has 3 nitrogen and oxygen atoms in total. The summed E-state index contributed by atoms with van der Waals surface area (Å²) in [6.45, 7) is -1.83. The van der Waals surface area contributed by atoms with Gasteiger partial charge in [0.1, 0.15) is 12.4 Å². The maximum atomic E-state index is 12.0. The Kier molecular flexibility index (Phi) is 5.85. The smallest absolute Gasteiger partial charge is 0.406 e. The van der Waals surface area contributed by atoms with Crippen molar-refractivity contribution in [2.75, 3.05) is 13.2 Å². The molecule has 0 aliphatic heterocycles. The summed E-state index contributed by atoms with van der Waals surface area (Å²) in [6.07, 6.45) is -10.8. The van der Waals surface area contributed by atoms with E-state index in [4.69, 9.17) is 0 Å². The Bertz CT molecular complexity index is 443. The second kappa shape index (κ2) is 6.99. The molecule has 0 aromatic heterocycles. The fourth-order valence-electron chi connectivity index (χ4n) is 1.47. The number of benzene rings is 1. The van der Waals surface area contributed by atoms with Gasteiger partial charge in [0.15, 0.2) is 0 Å². The summed E-state index contributed by atoms with van der Waals surface area (Å²) in [7, 11) is 0. The van der Waals surface area contributed by atoms with Gasteiger partial charge in [0.25, 0.3) is 0 Å². The van der Waals surface area contributed by atoms with Crippen LogP contribution < -0.4 is 4.74 Å². The van der Waals surface area contributed by atoms with Gasteiger partial charge in [0.2, 0.25) is 0 Å². The first-order valence-electron chi connectivity index (χ1n) is 5.75. The van der Waals surface area contributed by atoms with E-state index in [0.717, 1.165) is 12.1 Å². The topological polar surface area (TPSA) is 38.7 Å². The number of rotatable bonds is 6. The van der Waals surface area contributed by atoms with Crippen molar-refractivity contribution in [1.82, 2.24) is 0 Å². The van der Waals surface area contributed by atoms with Crippen molar-refractivity contribution in [2.45, 2.75) is 25.1 Å². The minimum atomic E-state index is -4.86. The SMILES string of the molecule is OC(CCOCC(F)(F)F)c1cccc(OC(F)(F)F)c1. The normalized spacial score (nSPS) is 14.0. The molecule has 0 heterocycles. The Morgan fingerprint density at radius 3 is 2.33 bits per heavy atom. The summed E-state index contributed by atoms with van der Waals surface area (Å²) in [4.78, 5) is 0. The van der Waals surface area contributed by atoms with E-state index in [0.29, 0.717) is 0 Å². The van der Waals surface area contributed by atoms with Crippen molar-refractivity contribution < 1.29 is 40.9 Å². The molecule has 21 heavy (non-hydrogen) atoms. The van der Waals surface area contributed by atoms with Gasteiger partial charge >= 0.3 is 12.5 Å². The zero-order valence-corrected chi connectivity index (χ0v) is 10.5. The number of aliphatic hydroxyl groups excluding tert-OH is 1. The summed E-state index contributed by atoms with van der Waals surface area (Å²) >= 11 is 0. The van der Waals surface area contributed by atoms with E-state index in [-0.39, 0.29) is 18.6 Å². The summed E-state index contributed by atoms with van der Waals surface area (Å²) in [6, 6.07) is 4.57. The van der Waals surface area contributed by atoms with E-state index in [1.165, 1.54) is 12.1 Å². The molecule has 0 spiro atoms. The highest BCUT2D eigenvalue weighted by molar-refractivity contribution is 5.30. The molecule has 1 aromatic rings. The molecule has 9 heteroatoms. The van der Waals surface area contributed by atoms with E-state index in [2.05, 4.69) is 9.47 Å². The maximum Gasteiger partial charge on any atom is 0.573 e. The first kappa shape index (κ1) is 17.6. The molecular formula is C12H12F6O3. The average molecular weight is 318 g/mol. The van der Waals surface area contributed by atoms with Gasteiger partial charge in [-0.15, -0.1) is 13.2 Å². The molecule has 1 rings (SSSR count). The lowest BCUT2D eigenvalue weighted by molar-refractivity contribution is -0.274. The highest BCUT2D eigenvalue weighted by Crippen LogP contribution is 2.26. The fourth-order valence-corrected chi connectivity index (χ4v) is 1.47. The van der Waals surface area contributed by atoms with E-state index in [1.54, 1.807) is 0 Å². The number of halogens is 6. The van der Waals surface area contributed by atoms with Crippen LogP contribution in [0.15, 0.2) is 24.3 Å². The van der Waals surface area contributed by atoms with Gasteiger partial charge in [-0.1, -0.05) is 12.1 Å². The Labute approximate surface area is 116 Å². The van der Waals surface area contributed by atoms with Crippen molar-refractivity contribution >= 4 is 0 Å². The lowest BCUT2D eigenvalue weighted by Crippen LogP contribution is -2.18. The van der Waals surface area contributed by atoms with Crippen LogP contribution >= 0.6 is 0 Å². The molecule has 0 bridgehead atoms. The van der Waals surface area contributed by atoms with Gasteiger partial charge in [0, 0.05) is 13.0 Å². The molecular weight excluding hydrogens is 306 g/mol. The molecule has 1 unspecified atom stereocenters. The third-order valence-electron chi connectivity index (χ3n) is 2.28. The first-order valence-corrected chi connectivity index (χ1v) is 5.75. The van der Waals surface area contributed by atoms with Crippen molar-refractivity contribution in [2.24, 2.45) is 0 Å². The van der Waals surface area contributed by atoms with Gasteiger partial charge in [-0.25, -0.2) is 0 Å². The number of ether oxygens (including phenoxy) is 2. The molecule has 0 saturated heterocycles. The highest BCUT2D eigenvalue weighted by atomic mass is 19.4. The van der Waals surface area contributed by atoms with Gasteiger partial charge in [0.05, 0.1) is 6.10 Å². The molecule has 0 fully saturated rings. The molecule has 0 saturated carbocycles. The number of alkyl halides is 6. The van der Waals surface area contributed by atoms with E-state index >= 15 is 0 Å². The van der Waals surface area contributed by atoms with Crippen LogP contribution in [0.25, 0.3) is 0 Å². The van der Waals surface area contributed by atoms with Crippen LogP contribution in [0.4, 0.5) is 26.3 Å². The molecule has 1 N–H and O–H groups in total. The Morgan fingerprint density at radius 2 is 1.76 bits per heavy atom. The second-order valence-electron chi connectivity index (χ2n) is 4.09. The van der Waals surface area contributed by atoms with Crippen molar-refractivity contribution in [1.29, 1.82) is 0 Å². The van der Waals surface area contributed by atoms with Crippen LogP contribution in [0.5, 0.6) is 5.75 Å². The second-order valence-corrected chi connectivity index (χ2v) is 4.09. The third-order valence-corrected chi connectivity index (χ3v) is 2.28. The lowest BCUT2D eigenvalue weighted by Gasteiger charge is -2.14. The Morgan fingerprint density at radius 1 is 1.10 bits per heavy atom. The van der Waals surface area contributed by atoms with Gasteiger partial charge in [-0.3, -0.25) is 0 Å². The fraction of sp³-hybridized carbons (Fsp3) is 0.500. The van der Waals surface area contributed by atoms with Crippen LogP contribution in [0.2, 0.25) is 0 Å². The molecule has 0 amide bonds. The number of aliphatic hydroxyl groups is 1. The quantitative estimate of drug-likeness (QED) is 0.643. The Hall–Kier alpha value is -1.48. The minimum Gasteiger partial charge on any atom is -0.406 e. The molecule has 0 aliphatic rings. The van der Waals surface area contributed by atoms with Crippen molar-refractivity contribution in [3.05, 3.63) is 29.8 Å². The van der Waals surface area contributed by atoms with E-state index < -0.39 is 31.0 Å². The van der Waals surface area contributed by atoms with Crippen LogP contribution in [-0.4, -0.2) is 30.9 Å². The van der Waals surface area contributed by atoms with Crippen molar-refractivity contribution in [3.63, 3.8) is 0 Å². The minimum absolute atomic E-state index is 0.0901. The summed E-state index contributed by atoms with van der Waals surface area (Å²) < 4.78 is 79.5. The molecule has 0 radical (unpaired) electrons. The standard InChI is InChI=1S/C12H12F6O3/c13-11(14,15)7-20-5-4-10(19)8-2-1-3-9(6-8)21-12(16,17)18/h1-3,6,10,19H,4-5,7H2. The zero-order valence-electron chi connectivity index (χ0n) is 10.5. The highest BCUT2D eigenvalue weighted by Gasteiger charge is 2.31. The van der Waals surface area contributed by atoms with Crippen molar-refractivity contribution in [3.8, 4) is 5.75 Å². The first-order chi connectivity index (χ1) is 9.57. The summed E-state index contributed by atoms with van der Waals surface area (Å²) in [5, 5.41) is 9.67. The van der Waals surface area contributed by atoms with Crippen LogP contribution in [-0.2, 0) is 4.74 Å². The molecule has 1 atom stereocenters. The summed E-state index contributed by atoms with van der Waals surface area (Å²) in [5.41, 5.74) is 0.0901. The molecule has 1 aromatic carbocycles. The van der Waals surface area contributed by atoms with Gasteiger partial charge < -0.3 is 14.6 Å². The Balaban J connectivity index is 2.50. The average Bonchev–Trinajstić information content (AvgIpc) is 2.31. The number of hydrogen-bond acceptors (Lipinski definition) is 3. The van der Waals surface area contributed by atoms with Gasteiger partial charge in [-0.05, 0) is 17.7 Å². The zero-order chi connectivity index (χ0) is 16.1. The maximum absolute atomic E-state index is 12.0. The summed E-state index contributed by atoms with van der Waals surface area (Å²) in [5.74, 6) is -0.518. The molecule has 0 aliphatic carbocycles. The monoisotopic (exact) mass is 318 g/mol. The molecule has 120 valence electrons. The van der Waals surface area contributed by atoms with Crippen LogP contribution in [0, 0.1) is 0 Å². The predicted octanol–water partition coefficient (Wildman–Crippen LogP) is 3.59. The predicted molar refractivity (Wildman–Crippen MR) is 59.6 cm³/mol. The third kappa shape index (κ3) is 7.76. The largest absolute Gasteiger partial charge is 0.573 e. The number of hydrogen-bond donors (Lipinski definition) is 1. The van der Waals surface area contributed by atoms with Gasteiger partial charge in [-0.2, -0.15) is 13.2 Å². The van der Waals surface area contributed by atoms with E-state index in [9.17, 15) is 31.4 Å². The van der Waals surface area contributed by atoms with E-state index in [1.807, 2.05) is 0 Å². The van der Waals surface area contributed by atoms with Crippen LogP contribution in [0.1, 0.15) is 18.1 Å².